The maximum atomic E-state index is 12.7. The Hall–Kier alpha value is -2.40. The van der Waals surface area contributed by atoms with E-state index in [9.17, 15) is 4.79 Å². The molecule has 3 rings (SSSR count). The smallest absolute Gasteiger partial charge is 0.263 e. The first-order valence-electron chi connectivity index (χ1n) is 8.16. The Bertz CT molecular complexity index is 765. The van der Waals surface area contributed by atoms with Crippen LogP contribution in [-0.2, 0) is 11.3 Å². The van der Waals surface area contributed by atoms with Crippen molar-refractivity contribution in [2.24, 2.45) is 0 Å². The molecule has 0 aromatic heterocycles. The number of carbonyl (C=O) groups excluding carboxylic acids is 1. The SMILES string of the molecule is CCN(Cc1ccc2c(c1)OCO2)C(=O)C(C)Oc1cccc(Cl)c1. The van der Waals surface area contributed by atoms with Gasteiger partial charge in [0.1, 0.15) is 5.75 Å². The molecule has 0 saturated carbocycles. The second kappa shape index (κ2) is 7.66. The minimum atomic E-state index is -0.604. The number of nitrogens with zero attached hydrogens (tertiary/aromatic N) is 1. The van der Waals surface area contributed by atoms with Crippen molar-refractivity contribution in [2.75, 3.05) is 13.3 Å². The lowest BCUT2D eigenvalue weighted by molar-refractivity contribution is -0.138. The lowest BCUT2D eigenvalue weighted by Gasteiger charge is -2.25. The molecule has 5 nitrogen and oxygen atoms in total. The average molecular weight is 362 g/mol. The Kier molecular flexibility index (Phi) is 5.34. The highest BCUT2D eigenvalue weighted by atomic mass is 35.5. The van der Waals surface area contributed by atoms with E-state index in [-0.39, 0.29) is 12.7 Å². The van der Waals surface area contributed by atoms with E-state index in [0.717, 1.165) is 11.3 Å². The van der Waals surface area contributed by atoms with Crippen LogP contribution >= 0.6 is 11.6 Å². The molecular weight excluding hydrogens is 342 g/mol. The van der Waals surface area contributed by atoms with Gasteiger partial charge in [0.15, 0.2) is 17.6 Å². The molecule has 6 heteroatoms. The van der Waals surface area contributed by atoms with Gasteiger partial charge in [0.25, 0.3) is 5.91 Å². The topological polar surface area (TPSA) is 48.0 Å². The zero-order valence-electron chi connectivity index (χ0n) is 14.2. The largest absolute Gasteiger partial charge is 0.481 e. The van der Waals surface area contributed by atoms with Crippen LogP contribution in [0.15, 0.2) is 42.5 Å². The molecule has 1 aliphatic rings. The van der Waals surface area contributed by atoms with Crippen LogP contribution in [0.2, 0.25) is 5.02 Å². The summed E-state index contributed by atoms with van der Waals surface area (Å²) < 4.78 is 16.4. The summed E-state index contributed by atoms with van der Waals surface area (Å²) in [7, 11) is 0. The van der Waals surface area contributed by atoms with Gasteiger partial charge < -0.3 is 19.1 Å². The van der Waals surface area contributed by atoms with Crippen LogP contribution in [0.5, 0.6) is 17.2 Å². The van der Waals surface area contributed by atoms with Gasteiger partial charge >= 0.3 is 0 Å². The van der Waals surface area contributed by atoms with Gasteiger partial charge in [-0.1, -0.05) is 23.7 Å². The Morgan fingerprint density at radius 1 is 1.24 bits per heavy atom. The molecule has 25 heavy (non-hydrogen) atoms. The second-order valence-electron chi connectivity index (χ2n) is 5.76. The van der Waals surface area contributed by atoms with Gasteiger partial charge in [0.2, 0.25) is 6.79 Å². The summed E-state index contributed by atoms with van der Waals surface area (Å²) in [5, 5.41) is 0.574. The number of benzene rings is 2. The van der Waals surface area contributed by atoms with Crippen LogP contribution < -0.4 is 14.2 Å². The molecule has 0 bridgehead atoms. The highest BCUT2D eigenvalue weighted by Gasteiger charge is 2.22. The summed E-state index contributed by atoms with van der Waals surface area (Å²) in [6.45, 7) is 4.98. The fraction of sp³-hybridized carbons (Fsp3) is 0.316. The number of fused-ring (bicyclic) bond motifs is 1. The van der Waals surface area contributed by atoms with Gasteiger partial charge in [-0.2, -0.15) is 0 Å². The standard InChI is InChI=1S/C19H20ClNO4/c1-3-21(11-14-7-8-17-18(9-14)24-12-23-17)19(22)13(2)25-16-6-4-5-15(20)10-16/h4-10,13H,3,11-12H2,1-2H3. The molecule has 0 N–H and O–H groups in total. The molecule has 2 aromatic carbocycles. The van der Waals surface area contributed by atoms with Gasteiger partial charge in [-0.3, -0.25) is 4.79 Å². The lowest BCUT2D eigenvalue weighted by Crippen LogP contribution is -2.39. The number of rotatable bonds is 6. The van der Waals surface area contributed by atoms with Crippen LogP contribution in [-0.4, -0.2) is 30.2 Å². The van der Waals surface area contributed by atoms with Crippen LogP contribution in [0, 0.1) is 0 Å². The first-order chi connectivity index (χ1) is 12.1. The summed E-state index contributed by atoms with van der Waals surface area (Å²) in [6.07, 6.45) is -0.604. The molecule has 1 unspecified atom stereocenters. The first-order valence-corrected chi connectivity index (χ1v) is 8.54. The monoisotopic (exact) mass is 361 g/mol. The average Bonchev–Trinajstić information content (AvgIpc) is 3.06. The summed E-state index contributed by atoms with van der Waals surface area (Å²) in [4.78, 5) is 14.5. The van der Waals surface area contributed by atoms with Crippen LogP contribution in [0.1, 0.15) is 19.4 Å². The first kappa shape index (κ1) is 17.4. The Labute approximate surface area is 152 Å². The number of amides is 1. The number of likely N-dealkylation sites (N-methyl/N-ethyl adjacent to an activating group) is 1. The fourth-order valence-electron chi connectivity index (χ4n) is 2.66. The molecule has 132 valence electrons. The molecule has 0 saturated heterocycles. The summed E-state index contributed by atoms with van der Waals surface area (Å²) >= 11 is 5.95. The quantitative estimate of drug-likeness (QED) is 0.783. The van der Waals surface area contributed by atoms with Crippen LogP contribution in [0.25, 0.3) is 0 Å². The molecule has 0 radical (unpaired) electrons. The molecule has 2 aromatic rings. The Morgan fingerprint density at radius 3 is 2.80 bits per heavy atom. The molecule has 0 fully saturated rings. The van der Waals surface area contributed by atoms with E-state index in [0.29, 0.717) is 29.6 Å². The number of ether oxygens (including phenoxy) is 3. The fourth-order valence-corrected chi connectivity index (χ4v) is 2.84. The van der Waals surface area contributed by atoms with Crippen molar-refractivity contribution < 1.29 is 19.0 Å². The third-order valence-corrected chi connectivity index (χ3v) is 4.20. The van der Waals surface area contributed by atoms with Crippen molar-refractivity contribution >= 4 is 17.5 Å². The summed E-state index contributed by atoms with van der Waals surface area (Å²) in [5.41, 5.74) is 0.981. The van der Waals surface area contributed by atoms with E-state index in [4.69, 9.17) is 25.8 Å². The molecule has 0 spiro atoms. The zero-order valence-corrected chi connectivity index (χ0v) is 15.0. The predicted molar refractivity (Wildman–Crippen MR) is 95.2 cm³/mol. The predicted octanol–water partition coefficient (Wildman–Crippen LogP) is 3.88. The maximum absolute atomic E-state index is 12.7. The van der Waals surface area contributed by atoms with Gasteiger partial charge in [0, 0.05) is 18.1 Å². The van der Waals surface area contributed by atoms with E-state index < -0.39 is 6.10 Å². The van der Waals surface area contributed by atoms with Crippen LogP contribution in [0.3, 0.4) is 0 Å². The van der Waals surface area contributed by atoms with Crippen LogP contribution in [0.4, 0.5) is 0 Å². The number of halogens is 1. The molecule has 1 amide bonds. The third-order valence-electron chi connectivity index (χ3n) is 3.96. The van der Waals surface area contributed by atoms with E-state index in [2.05, 4.69) is 0 Å². The molecule has 1 aliphatic heterocycles. The van der Waals surface area contributed by atoms with E-state index in [1.807, 2.05) is 25.1 Å². The van der Waals surface area contributed by atoms with Crippen molar-refractivity contribution in [1.82, 2.24) is 4.90 Å². The lowest BCUT2D eigenvalue weighted by atomic mass is 10.1. The van der Waals surface area contributed by atoms with E-state index in [1.165, 1.54) is 0 Å². The number of carbonyl (C=O) groups is 1. The minimum Gasteiger partial charge on any atom is -0.481 e. The van der Waals surface area contributed by atoms with Crippen molar-refractivity contribution in [1.29, 1.82) is 0 Å². The maximum Gasteiger partial charge on any atom is 0.263 e. The highest BCUT2D eigenvalue weighted by Crippen LogP contribution is 2.32. The van der Waals surface area contributed by atoms with Crippen molar-refractivity contribution in [3.05, 3.63) is 53.1 Å². The van der Waals surface area contributed by atoms with E-state index >= 15 is 0 Å². The van der Waals surface area contributed by atoms with Gasteiger partial charge in [-0.15, -0.1) is 0 Å². The summed E-state index contributed by atoms with van der Waals surface area (Å²) in [5.74, 6) is 1.94. The van der Waals surface area contributed by atoms with E-state index in [1.54, 1.807) is 36.1 Å². The third kappa shape index (κ3) is 4.17. The molecule has 0 aliphatic carbocycles. The Balaban J connectivity index is 1.66. The second-order valence-corrected chi connectivity index (χ2v) is 6.19. The van der Waals surface area contributed by atoms with Crippen molar-refractivity contribution in [2.45, 2.75) is 26.5 Å². The molecule has 1 atom stereocenters. The van der Waals surface area contributed by atoms with Gasteiger partial charge in [-0.25, -0.2) is 0 Å². The summed E-state index contributed by atoms with van der Waals surface area (Å²) in [6, 6.07) is 12.7. The highest BCUT2D eigenvalue weighted by molar-refractivity contribution is 6.30. The zero-order chi connectivity index (χ0) is 17.8. The Morgan fingerprint density at radius 2 is 2.04 bits per heavy atom. The number of hydrogen-bond donors (Lipinski definition) is 0. The molecule has 1 heterocycles. The van der Waals surface area contributed by atoms with Gasteiger partial charge in [-0.05, 0) is 49.7 Å². The van der Waals surface area contributed by atoms with Gasteiger partial charge in [0.05, 0.1) is 0 Å². The normalized spacial score (nSPS) is 13.4. The van der Waals surface area contributed by atoms with Crippen molar-refractivity contribution in [3.8, 4) is 17.2 Å². The molecular formula is C19H20ClNO4. The number of hydrogen-bond acceptors (Lipinski definition) is 4. The van der Waals surface area contributed by atoms with Crippen molar-refractivity contribution in [3.63, 3.8) is 0 Å². The minimum absolute atomic E-state index is 0.0832.